The summed E-state index contributed by atoms with van der Waals surface area (Å²) in [5.41, 5.74) is 15.7. The Balaban J connectivity index is 1.23. The summed E-state index contributed by atoms with van der Waals surface area (Å²) in [5.74, 6) is -2.17. The number of hydrogen-bond donors (Lipinski definition) is 6. The van der Waals surface area contributed by atoms with Gasteiger partial charge >= 0.3 is 0 Å². The van der Waals surface area contributed by atoms with E-state index < -0.39 is 47.8 Å². The first-order valence-electron chi connectivity index (χ1n) is 31.5. The molecule has 0 saturated heterocycles. The van der Waals surface area contributed by atoms with Crippen LogP contribution in [-0.4, -0.2) is 162 Å². The van der Waals surface area contributed by atoms with Crippen LogP contribution < -0.4 is 32.7 Å². The van der Waals surface area contributed by atoms with Crippen molar-refractivity contribution >= 4 is 64.9 Å². The van der Waals surface area contributed by atoms with Gasteiger partial charge in [0.25, 0.3) is 5.91 Å². The van der Waals surface area contributed by atoms with Gasteiger partial charge in [-0.25, -0.2) is 0 Å². The quantitative estimate of drug-likeness (QED) is 0.0499. The average molecular weight is 1230 g/mol. The van der Waals surface area contributed by atoms with Crippen LogP contribution in [0.15, 0.2) is 115 Å². The van der Waals surface area contributed by atoms with E-state index in [2.05, 4.69) is 21.3 Å². The Bertz CT molecular complexity index is 2910. The van der Waals surface area contributed by atoms with E-state index in [1.807, 2.05) is 117 Å². The lowest BCUT2D eigenvalue weighted by molar-refractivity contribution is -0.139. The molecule has 2 bridgehead atoms. The topological polar surface area (TPSA) is 267 Å². The van der Waals surface area contributed by atoms with Gasteiger partial charge in [-0.2, -0.15) is 11.8 Å². The lowest BCUT2D eigenvalue weighted by Gasteiger charge is -2.32. The Morgan fingerprint density at radius 2 is 1.00 bits per heavy atom. The molecule has 8 rings (SSSR count). The Morgan fingerprint density at radius 1 is 0.557 bits per heavy atom. The van der Waals surface area contributed by atoms with E-state index in [4.69, 9.17) is 11.5 Å². The molecule has 2 fully saturated rings. The summed E-state index contributed by atoms with van der Waals surface area (Å²) in [5, 5.41) is 12.6. The van der Waals surface area contributed by atoms with Crippen LogP contribution in [0, 0.1) is 17.8 Å². The van der Waals surface area contributed by atoms with Crippen LogP contribution in [0.2, 0.25) is 0 Å². The van der Waals surface area contributed by atoms with Crippen LogP contribution in [-0.2, 0) is 63.4 Å². The number of hydrogen-bond acceptors (Lipinski definition) is 11. The maximum atomic E-state index is 14.7. The highest BCUT2D eigenvalue weighted by molar-refractivity contribution is 7.98. The van der Waals surface area contributed by atoms with Crippen LogP contribution in [0.4, 0.5) is 0 Å². The van der Waals surface area contributed by atoms with E-state index >= 15 is 0 Å². The molecule has 0 spiro atoms. The minimum atomic E-state index is -0.720. The third kappa shape index (κ3) is 24.9. The maximum Gasteiger partial charge on any atom is 0.251 e. The van der Waals surface area contributed by atoms with Crippen molar-refractivity contribution in [1.82, 2.24) is 40.9 Å². The van der Waals surface area contributed by atoms with Crippen LogP contribution >= 0.6 is 11.8 Å². The van der Waals surface area contributed by atoms with Gasteiger partial charge in [-0.15, -0.1) is 0 Å². The summed E-state index contributed by atoms with van der Waals surface area (Å²) in [7, 11) is 0. The first-order valence-corrected chi connectivity index (χ1v) is 32.7. The highest BCUT2D eigenvalue weighted by Gasteiger charge is 2.34. The number of nitrogens with zero attached hydrogens (tertiary/aromatic N) is 4. The zero-order valence-electron chi connectivity index (χ0n) is 51.4. The molecule has 2 aliphatic carbocycles. The maximum absolute atomic E-state index is 14.7. The number of benzene rings is 4. The summed E-state index contributed by atoms with van der Waals surface area (Å²) in [6.45, 7) is 2.87. The number of carbonyl (C=O) groups is 9. The van der Waals surface area contributed by atoms with Crippen LogP contribution in [0.1, 0.15) is 124 Å². The third-order valence-corrected chi connectivity index (χ3v) is 17.2. The predicted octanol–water partition coefficient (Wildman–Crippen LogP) is 5.57. The highest BCUT2D eigenvalue weighted by atomic mass is 32.2. The van der Waals surface area contributed by atoms with Gasteiger partial charge < -0.3 is 52.3 Å². The standard InChI is InChI=1S/C68H92N10O9S/c1-48(2)21-30-64(83)76-39-56(20-12-13-32-69)71-61(80)45-77(66(85)37-52-22-23-52)41-58(35-50-16-8-4-9-17-50)73-63(82)46-78(67(86)38-53-24-25-53)42-59(36-51-18-10-5-11-19-51)74-68(87)55-28-26-54(27-29-55)47-88-33-31-65(84)75(43-60(70)79)40-57(72-62(81)44-76)34-49-14-6-3-7-15-49/h3-11,14-19,26-29,48,52-53,56-59H,12-13,20-25,30-47,69H2,1-2H3,(H2,70,79)(H,71,80)(H,72,81)(H,73,82)(H,74,87)/t56-,57-,58-,59?/m0/s1. The molecule has 0 radical (unpaired) electrons. The van der Waals surface area contributed by atoms with E-state index in [1.54, 1.807) is 12.1 Å². The van der Waals surface area contributed by atoms with E-state index in [-0.39, 0.29) is 132 Å². The number of nitrogens with one attached hydrogen (secondary N) is 4. The monoisotopic (exact) mass is 1220 g/mol. The van der Waals surface area contributed by atoms with Crippen molar-refractivity contribution in [3.05, 3.63) is 143 Å². The lowest BCUT2D eigenvalue weighted by atomic mass is 10.0. The summed E-state index contributed by atoms with van der Waals surface area (Å²) >= 11 is 1.50. The van der Waals surface area contributed by atoms with Gasteiger partial charge in [-0.1, -0.05) is 123 Å². The molecule has 4 aromatic rings. The number of amides is 9. The minimum Gasteiger partial charge on any atom is -0.368 e. The smallest absolute Gasteiger partial charge is 0.251 e. The molecule has 4 aromatic carbocycles. The molecule has 4 atom stereocenters. The molecule has 20 heteroatoms. The zero-order chi connectivity index (χ0) is 62.8. The van der Waals surface area contributed by atoms with Crippen LogP contribution in [0.5, 0.6) is 0 Å². The number of thioether (sulfide) groups is 1. The summed E-state index contributed by atoms with van der Waals surface area (Å²) in [6, 6.07) is 33.0. The van der Waals surface area contributed by atoms with Crippen molar-refractivity contribution in [1.29, 1.82) is 0 Å². The number of unbranched alkanes of at least 4 members (excludes halogenated alkanes) is 1. The molecule has 474 valence electrons. The van der Waals surface area contributed by atoms with Crippen molar-refractivity contribution < 1.29 is 43.2 Å². The van der Waals surface area contributed by atoms with Crippen LogP contribution in [0.3, 0.4) is 0 Å². The second-order valence-electron chi connectivity index (χ2n) is 24.6. The molecule has 88 heavy (non-hydrogen) atoms. The molecule has 2 saturated carbocycles. The van der Waals surface area contributed by atoms with E-state index in [0.29, 0.717) is 62.1 Å². The number of carbonyl (C=O) groups excluding carboxylic acids is 9. The molecule has 8 N–H and O–H groups in total. The van der Waals surface area contributed by atoms with Gasteiger partial charge in [0.1, 0.15) is 0 Å². The van der Waals surface area contributed by atoms with Gasteiger partial charge in [-0.05, 0) is 123 Å². The van der Waals surface area contributed by atoms with E-state index in [1.165, 1.54) is 31.4 Å². The second-order valence-corrected chi connectivity index (χ2v) is 25.7. The number of primary amides is 1. The fourth-order valence-electron chi connectivity index (χ4n) is 11.0. The first kappa shape index (κ1) is 67.9. The number of nitrogens with two attached hydrogens (primary N) is 2. The van der Waals surface area contributed by atoms with Gasteiger partial charge in [0.05, 0.1) is 44.3 Å². The van der Waals surface area contributed by atoms with Crippen molar-refractivity contribution in [2.45, 2.75) is 140 Å². The molecule has 4 aliphatic rings. The van der Waals surface area contributed by atoms with Gasteiger partial charge in [0.15, 0.2) is 0 Å². The normalized spacial score (nSPS) is 20.5. The molecule has 0 aromatic heterocycles. The van der Waals surface area contributed by atoms with Crippen molar-refractivity contribution in [2.75, 3.05) is 64.7 Å². The molecule has 9 amide bonds. The van der Waals surface area contributed by atoms with Crippen molar-refractivity contribution in [3.63, 3.8) is 0 Å². The third-order valence-electron chi connectivity index (χ3n) is 16.1. The Morgan fingerprint density at radius 3 is 1.45 bits per heavy atom. The Hall–Kier alpha value is -7.58. The summed E-state index contributed by atoms with van der Waals surface area (Å²) in [4.78, 5) is 134. The SMILES string of the molecule is CC(C)CCC(=O)N1CC(=O)N[C@@H](Cc2ccccc2)CN(CC(N)=O)C(=O)CCSCc2ccc(cc2)C(=O)NC(Cc2ccccc2)CN(C(=O)CC2CC2)CC(=O)N[C@@H](Cc2ccccc2)CN(C(=O)CC2CC2)CC(=O)N[C@@H](CCCCN)C1. The summed E-state index contributed by atoms with van der Waals surface area (Å²) in [6.07, 6.45) is 7.36. The second kappa shape index (κ2) is 35.4. The van der Waals surface area contributed by atoms with Gasteiger partial charge in [-0.3, -0.25) is 43.2 Å². The van der Waals surface area contributed by atoms with Crippen molar-refractivity contribution in [3.8, 4) is 0 Å². The fraction of sp³-hybridized carbons (Fsp3) is 0.515. The molecule has 2 aliphatic heterocycles. The molecular formula is C68H92N10O9S. The Labute approximate surface area is 523 Å². The largest absolute Gasteiger partial charge is 0.368 e. The van der Waals surface area contributed by atoms with Gasteiger partial charge in [0, 0.05) is 75.0 Å². The fourth-order valence-corrected chi connectivity index (χ4v) is 11.9. The lowest BCUT2D eigenvalue weighted by Crippen LogP contribution is -2.55. The average Bonchev–Trinajstić information content (AvgIpc) is 4.53. The predicted molar refractivity (Wildman–Crippen MR) is 342 cm³/mol. The van der Waals surface area contributed by atoms with E-state index in [0.717, 1.165) is 47.9 Å². The van der Waals surface area contributed by atoms with Crippen LogP contribution in [0.25, 0.3) is 0 Å². The first-order chi connectivity index (χ1) is 42.4. The zero-order valence-corrected chi connectivity index (χ0v) is 52.2. The molecule has 2 heterocycles. The molecular weight excluding hydrogens is 1130 g/mol. The van der Waals surface area contributed by atoms with E-state index in [9.17, 15) is 43.2 Å². The highest BCUT2D eigenvalue weighted by Crippen LogP contribution is 2.34. The number of fused-ring (bicyclic) bond motifs is 29. The summed E-state index contributed by atoms with van der Waals surface area (Å²) < 4.78 is 0. The van der Waals surface area contributed by atoms with Gasteiger partial charge in [0.2, 0.25) is 47.3 Å². The Kier molecular flexibility index (Phi) is 27.3. The minimum absolute atomic E-state index is 0.0327. The molecule has 19 nitrogen and oxygen atoms in total. The molecule has 1 unspecified atom stereocenters. The number of rotatable bonds is 19. The van der Waals surface area contributed by atoms with Crippen molar-refractivity contribution in [2.24, 2.45) is 29.2 Å².